The van der Waals surface area contributed by atoms with E-state index in [0.717, 1.165) is 10.4 Å². The molecule has 1 aliphatic heterocycles. The summed E-state index contributed by atoms with van der Waals surface area (Å²) < 4.78 is 0. The molecular formula is C22H26N2O3S. The van der Waals surface area contributed by atoms with Gasteiger partial charge < -0.3 is 9.80 Å². The molecule has 2 amide bonds. The van der Waals surface area contributed by atoms with E-state index >= 15 is 0 Å². The fraction of sp³-hybridized carbons (Fsp3) is 0.409. The van der Waals surface area contributed by atoms with Gasteiger partial charge in [-0.25, -0.2) is 0 Å². The zero-order chi connectivity index (χ0) is 20.5. The van der Waals surface area contributed by atoms with Gasteiger partial charge >= 0.3 is 0 Å². The van der Waals surface area contributed by atoms with Crippen LogP contribution in [0.3, 0.4) is 0 Å². The summed E-state index contributed by atoms with van der Waals surface area (Å²) in [6, 6.07) is 11.0. The second kappa shape index (κ2) is 7.87. The second-order valence-electron chi connectivity index (χ2n) is 8.15. The van der Waals surface area contributed by atoms with E-state index in [0.29, 0.717) is 36.6 Å². The van der Waals surface area contributed by atoms with Crippen molar-refractivity contribution in [2.24, 2.45) is 0 Å². The van der Waals surface area contributed by atoms with Crippen molar-refractivity contribution in [3.8, 4) is 0 Å². The predicted octanol–water partition coefficient (Wildman–Crippen LogP) is 3.52. The molecule has 3 rings (SSSR count). The molecule has 1 fully saturated rings. The minimum Gasteiger partial charge on any atom is -0.334 e. The first-order valence-electron chi connectivity index (χ1n) is 9.46. The SMILES string of the molecule is Cc1ccc(C(=O)N2CCN(C(=O)C(=O)c3ccc(C(C)(C)C)cc3)CC2)s1. The van der Waals surface area contributed by atoms with Gasteiger partial charge in [-0.15, -0.1) is 11.3 Å². The number of hydrogen-bond acceptors (Lipinski definition) is 4. The van der Waals surface area contributed by atoms with Gasteiger partial charge in [-0.2, -0.15) is 0 Å². The Bertz CT molecular complexity index is 885. The maximum absolute atomic E-state index is 12.6. The summed E-state index contributed by atoms with van der Waals surface area (Å²) in [4.78, 5) is 42.8. The van der Waals surface area contributed by atoms with Crippen molar-refractivity contribution in [1.29, 1.82) is 0 Å². The lowest BCUT2D eigenvalue weighted by atomic mass is 9.86. The molecule has 1 aromatic carbocycles. The molecule has 28 heavy (non-hydrogen) atoms. The lowest BCUT2D eigenvalue weighted by molar-refractivity contribution is -0.127. The molecule has 0 atom stereocenters. The van der Waals surface area contributed by atoms with Crippen molar-refractivity contribution < 1.29 is 14.4 Å². The third-order valence-electron chi connectivity index (χ3n) is 5.01. The lowest BCUT2D eigenvalue weighted by Gasteiger charge is -2.34. The number of hydrogen-bond donors (Lipinski definition) is 0. The monoisotopic (exact) mass is 398 g/mol. The second-order valence-corrected chi connectivity index (χ2v) is 9.44. The summed E-state index contributed by atoms with van der Waals surface area (Å²) in [6.07, 6.45) is 0. The number of aryl methyl sites for hydroxylation is 1. The van der Waals surface area contributed by atoms with Gasteiger partial charge in [0.2, 0.25) is 5.78 Å². The molecule has 0 bridgehead atoms. The third kappa shape index (κ3) is 4.33. The first-order valence-corrected chi connectivity index (χ1v) is 10.3. The molecule has 0 radical (unpaired) electrons. The average molecular weight is 399 g/mol. The van der Waals surface area contributed by atoms with E-state index in [1.165, 1.54) is 11.3 Å². The average Bonchev–Trinajstić information content (AvgIpc) is 3.12. The quantitative estimate of drug-likeness (QED) is 0.587. The first kappa shape index (κ1) is 20.3. The molecule has 0 N–H and O–H groups in total. The Balaban J connectivity index is 1.60. The molecule has 0 unspecified atom stereocenters. The van der Waals surface area contributed by atoms with Gasteiger partial charge in [0, 0.05) is 36.6 Å². The highest BCUT2D eigenvalue weighted by Gasteiger charge is 2.29. The number of thiophene rings is 1. The van der Waals surface area contributed by atoms with Crippen LogP contribution in [-0.2, 0) is 10.2 Å². The van der Waals surface area contributed by atoms with Gasteiger partial charge in [-0.05, 0) is 30.0 Å². The fourth-order valence-electron chi connectivity index (χ4n) is 3.21. The first-order chi connectivity index (χ1) is 13.2. The minimum atomic E-state index is -0.498. The van der Waals surface area contributed by atoms with E-state index in [2.05, 4.69) is 20.8 Å². The van der Waals surface area contributed by atoms with Crippen molar-refractivity contribution in [3.63, 3.8) is 0 Å². The molecule has 1 aromatic heterocycles. The largest absolute Gasteiger partial charge is 0.334 e. The van der Waals surface area contributed by atoms with E-state index in [1.807, 2.05) is 31.2 Å². The van der Waals surface area contributed by atoms with Crippen LogP contribution in [0.15, 0.2) is 36.4 Å². The molecule has 0 saturated carbocycles. The molecule has 2 heterocycles. The summed E-state index contributed by atoms with van der Waals surface area (Å²) in [7, 11) is 0. The topological polar surface area (TPSA) is 57.7 Å². The molecule has 6 heteroatoms. The van der Waals surface area contributed by atoms with Crippen molar-refractivity contribution in [1.82, 2.24) is 9.80 Å². The number of carbonyl (C=O) groups excluding carboxylic acids is 3. The maximum atomic E-state index is 12.6. The summed E-state index contributed by atoms with van der Waals surface area (Å²) in [5.74, 6) is -0.994. The van der Waals surface area contributed by atoms with Crippen molar-refractivity contribution in [3.05, 3.63) is 57.3 Å². The van der Waals surface area contributed by atoms with Crippen molar-refractivity contribution in [2.45, 2.75) is 33.1 Å². The smallest absolute Gasteiger partial charge is 0.295 e. The summed E-state index contributed by atoms with van der Waals surface area (Å²) in [5.41, 5.74) is 1.52. The molecule has 1 aliphatic rings. The van der Waals surface area contributed by atoms with Gasteiger partial charge in [-0.3, -0.25) is 14.4 Å². The molecule has 148 valence electrons. The van der Waals surface area contributed by atoms with E-state index in [9.17, 15) is 14.4 Å². The number of amides is 2. The molecule has 1 saturated heterocycles. The van der Waals surface area contributed by atoms with Crippen LogP contribution in [0.4, 0.5) is 0 Å². The van der Waals surface area contributed by atoms with Crippen molar-refractivity contribution in [2.75, 3.05) is 26.2 Å². The molecule has 5 nitrogen and oxygen atoms in total. The fourth-order valence-corrected chi connectivity index (χ4v) is 4.04. The van der Waals surface area contributed by atoms with E-state index in [4.69, 9.17) is 0 Å². The summed E-state index contributed by atoms with van der Waals surface area (Å²) in [6.45, 7) is 9.92. The Kier molecular flexibility index (Phi) is 5.70. The van der Waals surface area contributed by atoms with Crippen LogP contribution < -0.4 is 0 Å². The highest BCUT2D eigenvalue weighted by atomic mass is 32.1. The van der Waals surface area contributed by atoms with Gasteiger partial charge in [0.25, 0.3) is 11.8 Å². The van der Waals surface area contributed by atoms with Gasteiger partial charge in [-0.1, -0.05) is 45.0 Å². The Morgan fingerprint density at radius 1 is 0.857 bits per heavy atom. The van der Waals surface area contributed by atoms with E-state index in [-0.39, 0.29) is 11.3 Å². The summed E-state index contributed by atoms with van der Waals surface area (Å²) >= 11 is 1.48. The number of nitrogens with zero attached hydrogens (tertiary/aromatic N) is 2. The third-order valence-corrected chi connectivity index (χ3v) is 6.00. The summed E-state index contributed by atoms with van der Waals surface area (Å²) in [5, 5.41) is 0. The highest BCUT2D eigenvalue weighted by Crippen LogP contribution is 2.23. The Morgan fingerprint density at radius 3 is 1.93 bits per heavy atom. The standard InChI is InChI=1S/C22H26N2O3S/c1-15-5-10-18(28-15)20(26)23-11-13-24(14-12-23)21(27)19(25)16-6-8-17(9-7-16)22(2,3)4/h5-10H,11-14H2,1-4H3. The maximum Gasteiger partial charge on any atom is 0.295 e. The van der Waals surface area contributed by atoms with Crippen LogP contribution in [0, 0.1) is 6.92 Å². The predicted molar refractivity (Wildman–Crippen MR) is 111 cm³/mol. The number of benzene rings is 1. The van der Waals surface area contributed by atoms with Gasteiger partial charge in [0.05, 0.1) is 4.88 Å². The van der Waals surface area contributed by atoms with Crippen LogP contribution in [0.1, 0.15) is 51.2 Å². The zero-order valence-corrected chi connectivity index (χ0v) is 17.6. The highest BCUT2D eigenvalue weighted by molar-refractivity contribution is 7.13. The Labute approximate surface area is 170 Å². The normalized spacial score (nSPS) is 14.9. The molecular weight excluding hydrogens is 372 g/mol. The van der Waals surface area contributed by atoms with Gasteiger partial charge in [0.15, 0.2) is 0 Å². The Morgan fingerprint density at radius 2 is 1.43 bits per heavy atom. The van der Waals surface area contributed by atoms with Crippen LogP contribution in [0.5, 0.6) is 0 Å². The lowest BCUT2D eigenvalue weighted by Crippen LogP contribution is -2.52. The molecule has 0 aliphatic carbocycles. The van der Waals surface area contributed by atoms with E-state index in [1.54, 1.807) is 21.9 Å². The zero-order valence-electron chi connectivity index (χ0n) is 16.8. The van der Waals surface area contributed by atoms with E-state index < -0.39 is 11.7 Å². The number of ketones is 1. The number of rotatable bonds is 3. The van der Waals surface area contributed by atoms with Gasteiger partial charge in [0.1, 0.15) is 0 Å². The minimum absolute atomic E-state index is 0.00441. The molecule has 2 aromatic rings. The van der Waals surface area contributed by atoms with Crippen LogP contribution in [0.2, 0.25) is 0 Å². The van der Waals surface area contributed by atoms with Crippen LogP contribution in [0.25, 0.3) is 0 Å². The van der Waals surface area contributed by atoms with Crippen molar-refractivity contribution >= 4 is 28.9 Å². The van der Waals surface area contributed by atoms with Crippen LogP contribution in [-0.4, -0.2) is 53.6 Å². The molecule has 0 spiro atoms. The number of piperazine rings is 1. The van der Waals surface area contributed by atoms with Crippen LogP contribution >= 0.6 is 11.3 Å². The Hall–Kier alpha value is -2.47. The number of carbonyl (C=O) groups is 3. The number of Topliss-reactive ketones (excluding diaryl/α,β-unsaturated/α-hetero) is 1.